The second-order valence-corrected chi connectivity index (χ2v) is 14.1. The number of fused-ring (bicyclic) bond motifs is 1. The van der Waals surface area contributed by atoms with Gasteiger partial charge in [0.1, 0.15) is 17.4 Å². The van der Waals surface area contributed by atoms with Gasteiger partial charge in [-0.05, 0) is 56.7 Å². The maximum atomic E-state index is 14.4. The van der Waals surface area contributed by atoms with Crippen molar-refractivity contribution in [2.45, 2.75) is 113 Å². The van der Waals surface area contributed by atoms with E-state index < -0.39 is 47.6 Å². The number of rotatable bonds is 10. The second-order valence-electron chi connectivity index (χ2n) is 13.7. The number of likely N-dealkylation sites (tertiary alicyclic amines) is 1. The monoisotopic (exact) mass is 664 g/mol. The van der Waals surface area contributed by atoms with Crippen molar-refractivity contribution >= 4 is 35.0 Å². The molecule has 3 aliphatic heterocycles. The maximum absolute atomic E-state index is 14.4. The van der Waals surface area contributed by atoms with E-state index in [2.05, 4.69) is 20.3 Å². The zero-order valence-electron chi connectivity index (χ0n) is 25.6. The summed E-state index contributed by atoms with van der Waals surface area (Å²) < 4.78 is 48.5. The third-order valence-electron chi connectivity index (χ3n) is 11.0. The Morgan fingerprint density at radius 1 is 1.02 bits per heavy atom. The summed E-state index contributed by atoms with van der Waals surface area (Å²) in [6.45, 7) is 1.02. The zero-order chi connectivity index (χ0) is 32.2. The van der Waals surface area contributed by atoms with E-state index in [1.165, 1.54) is 31.4 Å². The van der Waals surface area contributed by atoms with Crippen LogP contribution in [0.3, 0.4) is 0 Å². The van der Waals surface area contributed by atoms with Crippen LogP contribution < -0.4 is 15.4 Å². The highest BCUT2D eigenvalue weighted by atomic mass is 35.5. The number of nitrogens with zero attached hydrogens (tertiary/aromatic N) is 2. The molecule has 9 nitrogen and oxygen atoms in total. The minimum absolute atomic E-state index is 0.0422. The molecule has 2 N–H and O–H groups in total. The molecule has 46 heavy (non-hydrogen) atoms. The maximum Gasteiger partial charge on any atom is 0.573 e. The van der Waals surface area contributed by atoms with Crippen LogP contribution in [-0.2, 0) is 19.1 Å². The molecule has 1 aromatic rings. The fourth-order valence-corrected chi connectivity index (χ4v) is 8.93. The van der Waals surface area contributed by atoms with Crippen LogP contribution in [-0.4, -0.2) is 82.8 Å². The third-order valence-corrected chi connectivity index (χ3v) is 11.3. The van der Waals surface area contributed by atoms with Crippen molar-refractivity contribution in [1.82, 2.24) is 15.1 Å². The van der Waals surface area contributed by atoms with Gasteiger partial charge in [0.25, 0.3) is 0 Å². The van der Waals surface area contributed by atoms with Crippen molar-refractivity contribution in [3.63, 3.8) is 0 Å². The van der Waals surface area contributed by atoms with Crippen LogP contribution in [0.4, 0.5) is 18.9 Å². The van der Waals surface area contributed by atoms with Gasteiger partial charge >= 0.3 is 6.36 Å². The zero-order valence-corrected chi connectivity index (χ0v) is 26.3. The minimum Gasteiger partial charge on any atom is -0.404 e. The average molecular weight is 665 g/mol. The van der Waals surface area contributed by atoms with Gasteiger partial charge in [0.2, 0.25) is 17.7 Å². The fourth-order valence-electron chi connectivity index (χ4n) is 8.71. The number of nitrogens with one attached hydrogen (secondary N) is 2. The van der Waals surface area contributed by atoms with Gasteiger partial charge in [-0.15, -0.1) is 13.2 Å². The van der Waals surface area contributed by atoms with Gasteiger partial charge in [-0.25, -0.2) is 0 Å². The van der Waals surface area contributed by atoms with Gasteiger partial charge in [0.15, 0.2) is 0 Å². The molecule has 0 aromatic heterocycles. The number of ether oxygens (including phenoxy) is 2. The number of halogens is 4. The molecule has 3 amide bonds. The molecule has 2 bridgehead atoms. The Labute approximate surface area is 271 Å². The lowest BCUT2D eigenvalue weighted by Gasteiger charge is -2.42. The fraction of sp³-hybridized carbons (Fsp3) is 0.667. The first-order chi connectivity index (χ1) is 22.0. The van der Waals surface area contributed by atoms with Crippen LogP contribution in [0.15, 0.2) is 30.4 Å². The van der Waals surface area contributed by atoms with Crippen LogP contribution in [0.1, 0.15) is 70.6 Å². The van der Waals surface area contributed by atoms with E-state index in [0.29, 0.717) is 25.2 Å². The summed E-state index contributed by atoms with van der Waals surface area (Å²) in [6, 6.07) is 3.55. The highest BCUT2D eigenvalue weighted by Gasteiger charge is 2.72. The number of hydrogen-bond donors (Lipinski definition) is 2. The van der Waals surface area contributed by atoms with E-state index in [-0.39, 0.29) is 28.6 Å². The van der Waals surface area contributed by atoms with Crippen molar-refractivity contribution in [3.05, 3.63) is 35.4 Å². The molecule has 1 spiro atoms. The molecule has 5 unspecified atom stereocenters. The third kappa shape index (κ3) is 5.78. The summed E-state index contributed by atoms with van der Waals surface area (Å²) in [7, 11) is 0. The first-order valence-corrected chi connectivity index (χ1v) is 17.0. The molecule has 5 fully saturated rings. The number of benzene rings is 1. The van der Waals surface area contributed by atoms with E-state index in [9.17, 15) is 27.6 Å². The molecule has 2 saturated heterocycles. The van der Waals surface area contributed by atoms with Crippen LogP contribution in [0.2, 0.25) is 5.02 Å². The molecule has 3 saturated carbocycles. The number of hydrogen-bond acceptors (Lipinski definition) is 6. The predicted octanol–water partition coefficient (Wildman–Crippen LogP) is 5.18. The second kappa shape index (κ2) is 12.3. The normalized spacial score (nSPS) is 31.2. The number of amides is 3. The SMILES string of the molecule is O=C(Nc1ccc(OC(F)(F)F)c(Cl)c1)C1C2C=CC3(O2)C1C(=O)N(CCN(C1CCCC1)C1CCC1)C3C(=O)NC1CCCC1. The largest absolute Gasteiger partial charge is 0.573 e. The van der Waals surface area contributed by atoms with E-state index in [1.54, 1.807) is 17.1 Å². The molecule has 13 heteroatoms. The molecular weight excluding hydrogens is 625 g/mol. The van der Waals surface area contributed by atoms with Crippen molar-refractivity contribution < 1.29 is 37.0 Å². The first-order valence-electron chi connectivity index (χ1n) is 16.6. The van der Waals surface area contributed by atoms with Crippen LogP contribution in [0, 0.1) is 11.8 Å². The summed E-state index contributed by atoms with van der Waals surface area (Å²) >= 11 is 6.02. The summed E-state index contributed by atoms with van der Waals surface area (Å²) in [5, 5.41) is 5.57. The van der Waals surface area contributed by atoms with Crippen LogP contribution >= 0.6 is 11.6 Å². The molecule has 6 aliphatic rings. The Balaban J connectivity index is 1.13. The van der Waals surface area contributed by atoms with Crippen LogP contribution in [0.25, 0.3) is 0 Å². The Morgan fingerprint density at radius 2 is 1.70 bits per heavy atom. The molecule has 3 heterocycles. The highest BCUT2D eigenvalue weighted by molar-refractivity contribution is 6.32. The summed E-state index contributed by atoms with van der Waals surface area (Å²) in [4.78, 5) is 46.5. The molecular formula is C33H40ClF3N4O5. The Morgan fingerprint density at radius 3 is 2.33 bits per heavy atom. The van der Waals surface area contributed by atoms with Crippen molar-refractivity contribution in [3.8, 4) is 5.75 Å². The Kier molecular flexibility index (Phi) is 8.50. The first kappa shape index (κ1) is 31.8. The minimum atomic E-state index is -4.92. The molecule has 7 rings (SSSR count). The number of anilines is 1. The Bertz CT molecular complexity index is 1390. The topological polar surface area (TPSA) is 100 Å². The van der Waals surface area contributed by atoms with Gasteiger partial charge in [-0.3, -0.25) is 19.3 Å². The summed E-state index contributed by atoms with van der Waals surface area (Å²) in [5.41, 5.74) is -1.14. The van der Waals surface area contributed by atoms with Crippen molar-refractivity contribution in [2.75, 3.05) is 18.4 Å². The summed E-state index contributed by atoms with van der Waals surface area (Å²) in [5.74, 6) is -3.53. The van der Waals surface area contributed by atoms with E-state index in [4.69, 9.17) is 16.3 Å². The molecule has 250 valence electrons. The lowest BCUT2D eigenvalue weighted by molar-refractivity contribution is -0.274. The van der Waals surface area contributed by atoms with E-state index >= 15 is 0 Å². The molecule has 5 atom stereocenters. The average Bonchev–Trinajstić information content (AvgIpc) is 3.80. The number of carbonyl (C=O) groups is 3. The van der Waals surface area contributed by atoms with E-state index in [0.717, 1.165) is 57.4 Å². The van der Waals surface area contributed by atoms with Gasteiger partial charge < -0.3 is 25.0 Å². The Hall–Kier alpha value is -2.83. The lowest BCUT2D eigenvalue weighted by atomic mass is 9.74. The quantitative estimate of drug-likeness (QED) is 0.335. The van der Waals surface area contributed by atoms with Gasteiger partial charge in [0.05, 0.1) is 23.0 Å². The molecule has 0 radical (unpaired) electrons. The van der Waals surface area contributed by atoms with E-state index in [1.807, 2.05) is 0 Å². The summed E-state index contributed by atoms with van der Waals surface area (Å²) in [6.07, 6.45) is 9.94. The van der Waals surface area contributed by atoms with Gasteiger partial charge in [-0.2, -0.15) is 0 Å². The van der Waals surface area contributed by atoms with Crippen molar-refractivity contribution in [1.29, 1.82) is 0 Å². The smallest absolute Gasteiger partial charge is 0.404 e. The standard InChI is InChI=1S/C33H40ClF3N4O5/c34-23-18-20(12-13-24(23)46-33(35,36)37)39-29(42)26-25-14-15-32(45-25)27(26)31(44)41(28(32)30(43)38-19-6-1-2-7-19)17-16-40(22-10-5-11-22)21-8-3-4-9-21/h12-15,18-19,21-22,25-28H,1-11,16-17H2,(H,38,43)(H,39,42). The number of alkyl halides is 3. The molecule has 3 aliphatic carbocycles. The van der Waals surface area contributed by atoms with Crippen molar-refractivity contribution in [2.24, 2.45) is 11.8 Å². The highest BCUT2D eigenvalue weighted by Crippen LogP contribution is 2.55. The van der Waals surface area contributed by atoms with Gasteiger partial charge in [0, 0.05) is 36.9 Å². The predicted molar refractivity (Wildman–Crippen MR) is 163 cm³/mol. The van der Waals surface area contributed by atoms with Gasteiger partial charge in [-0.1, -0.05) is 55.9 Å². The number of carbonyl (C=O) groups excluding carboxylic acids is 3. The lowest BCUT2D eigenvalue weighted by Crippen LogP contribution is -2.57. The van der Waals surface area contributed by atoms with Crippen LogP contribution in [0.5, 0.6) is 5.75 Å². The molecule has 1 aromatic carbocycles.